The van der Waals surface area contributed by atoms with E-state index in [1.807, 2.05) is 54.6 Å². The van der Waals surface area contributed by atoms with Gasteiger partial charge >= 0.3 is 6.85 Å². The van der Waals surface area contributed by atoms with Crippen molar-refractivity contribution >= 4 is 95.7 Å². The molecule has 75 heavy (non-hydrogen) atoms. The number of hydrogen-bond acceptors (Lipinski definition) is 8. The maximum atomic E-state index is 12.1. The van der Waals surface area contributed by atoms with Crippen molar-refractivity contribution in [3.8, 4) is 29.1 Å². The Morgan fingerprint density at radius 1 is 0.627 bits per heavy atom. The lowest BCUT2D eigenvalue weighted by Gasteiger charge is -2.23. The van der Waals surface area contributed by atoms with E-state index in [4.69, 9.17) is 14.7 Å². The molecule has 0 atom stereocenters. The highest BCUT2D eigenvalue weighted by Crippen LogP contribution is 2.36. The van der Waals surface area contributed by atoms with Crippen LogP contribution in [0.2, 0.25) is 0 Å². The van der Waals surface area contributed by atoms with Gasteiger partial charge in [0.25, 0.3) is 7.41 Å². The lowest BCUT2D eigenvalue weighted by Crippen LogP contribution is -2.53. The Labute approximate surface area is 446 Å². The third-order valence-electron chi connectivity index (χ3n) is 14.2. The van der Waals surface area contributed by atoms with Crippen molar-refractivity contribution in [1.29, 1.82) is 10.5 Å². The summed E-state index contributed by atoms with van der Waals surface area (Å²) in [5.41, 5.74) is 10.7. The number of aromatic nitrogens is 4. The van der Waals surface area contributed by atoms with Crippen molar-refractivity contribution in [3.63, 3.8) is 0 Å². The molecule has 0 bridgehead atoms. The van der Waals surface area contributed by atoms with E-state index in [1.54, 1.807) is 0 Å². The minimum atomic E-state index is -0.434. The van der Waals surface area contributed by atoms with E-state index in [0.717, 1.165) is 118 Å². The first-order valence-electron chi connectivity index (χ1n) is 25.7. The predicted octanol–water partition coefficient (Wildman–Crippen LogP) is 9.96. The van der Waals surface area contributed by atoms with Gasteiger partial charge in [0.1, 0.15) is 39.0 Å². The van der Waals surface area contributed by atoms with Gasteiger partial charge in [0.05, 0.1) is 37.7 Å². The average Bonchev–Trinajstić information content (AvgIpc) is 4.24. The molecule has 0 aliphatic heterocycles. The molecule has 8 nitrogen and oxygen atoms in total. The van der Waals surface area contributed by atoms with E-state index in [1.165, 1.54) is 22.7 Å². The summed E-state index contributed by atoms with van der Waals surface area (Å²) in [5.74, 6) is 0.818. The number of fused-ring (bicyclic) bond motifs is 3. The van der Waals surface area contributed by atoms with Crippen LogP contribution in [0.4, 0.5) is 0 Å². The molecule has 0 radical (unpaired) electrons. The normalized spacial score (nSPS) is 12.2. The number of nitrogens with zero attached hydrogens (tertiary/aromatic N) is 7. The number of rotatable bonds is 17. The van der Waals surface area contributed by atoms with Gasteiger partial charge in [-0.3, -0.25) is 0 Å². The van der Waals surface area contributed by atoms with Crippen molar-refractivity contribution in [2.45, 2.75) is 33.6 Å². The van der Waals surface area contributed by atoms with Gasteiger partial charge in [-0.1, -0.05) is 182 Å². The van der Waals surface area contributed by atoms with Crippen LogP contribution < -0.4 is 31.8 Å². The Morgan fingerprint density at radius 3 is 1.72 bits per heavy atom. The molecule has 0 amide bonds. The smallest absolute Gasteiger partial charge is 0.328 e. The minimum absolute atomic E-state index is 0.434. The minimum Gasteiger partial charge on any atom is -0.494 e. The van der Waals surface area contributed by atoms with Crippen LogP contribution in [0.25, 0.3) is 53.6 Å². The van der Waals surface area contributed by atoms with Crippen molar-refractivity contribution in [2.24, 2.45) is 0 Å². The fourth-order valence-corrected chi connectivity index (χ4v) is 12.5. The lowest BCUT2D eigenvalue weighted by molar-refractivity contribution is 0.249. The van der Waals surface area contributed by atoms with Gasteiger partial charge in [0, 0.05) is 40.7 Å². The molecule has 0 unspecified atom stereocenters. The molecule has 0 saturated carbocycles. The van der Waals surface area contributed by atoms with E-state index in [-0.39, 0.29) is 0 Å². The molecule has 0 spiro atoms. The molecule has 0 aliphatic carbocycles. The molecule has 364 valence electrons. The SMILES string of the molecule is CCN(CC)CCCOc1ccc(Cc2c3/c(=C(\C#N)c4nc5ccccc5s4)n(B(c4ccccc4)c4ccccc4)c(-c4ccccc4C)c3/c(=C(\C#N)c3nc4ccccc4s3)n2Bc2ccccc2)cc1. The second kappa shape index (κ2) is 22.1. The second-order valence-electron chi connectivity index (χ2n) is 18.7. The summed E-state index contributed by atoms with van der Waals surface area (Å²) < 4.78 is 13.1. The monoisotopic (exact) mass is 1010 g/mol. The van der Waals surface area contributed by atoms with Crippen LogP contribution in [0.1, 0.15) is 47.1 Å². The maximum absolute atomic E-state index is 12.1. The molecule has 0 saturated heterocycles. The van der Waals surface area contributed by atoms with Crippen molar-refractivity contribution in [1.82, 2.24) is 23.8 Å². The highest BCUT2D eigenvalue weighted by atomic mass is 32.1. The van der Waals surface area contributed by atoms with Crippen molar-refractivity contribution < 1.29 is 4.74 Å². The number of thiazole rings is 2. The summed E-state index contributed by atoms with van der Waals surface area (Å²) in [5, 5.41) is 28.5. The predicted molar refractivity (Wildman–Crippen MR) is 314 cm³/mol. The summed E-state index contributed by atoms with van der Waals surface area (Å²) in [7, 11) is 0.445. The number of hydrogen-bond donors (Lipinski definition) is 0. The molecule has 7 aromatic carbocycles. The van der Waals surface area contributed by atoms with Crippen LogP contribution in [0.3, 0.4) is 0 Å². The van der Waals surface area contributed by atoms with Gasteiger partial charge in [-0.15, -0.1) is 22.7 Å². The zero-order valence-corrected chi connectivity index (χ0v) is 43.9. The molecule has 4 aromatic heterocycles. The molecule has 11 rings (SSSR count). The number of para-hydroxylation sites is 2. The molecule has 0 N–H and O–H groups in total. The number of nitriles is 2. The van der Waals surface area contributed by atoms with E-state index in [0.29, 0.717) is 41.6 Å². The van der Waals surface area contributed by atoms with Crippen LogP contribution in [0, 0.1) is 29.6 Å². The Morgan fingerprint density at radius 2 is 1.16 bits per heavy atom. The lowest BCUT2D eigenvalue weighted by atomic mass is 9.50. The molecule has 12 heteroatoms. The van der Waals surface area contributed by atoms with Gasteiger partial charge in [-0.2, -0.15) is 10.5 Å². The Kier molecular flexibility index (Phi) is 14.4. The first kappa shape index (κ1) is 49.0. The average molecular weight is 1010 g/mol. The highest BCUT2D eigenvalue weighted by molar-refractivity contribution is 7.20. The fourth-order valence-electron chi connectivity index (χ4n) is 10.5. The number of benzene rings is 7. The van der Waals surface area contributed by atoms with Crippen LogP contribution in [0.15, 0.2) is 188 Å². The summed E-state index contributed by atoms with van der Waals surface area (Å²) in [6.07, 6.45) is 1.40. The fraction of sp³-hybridized carbons (Fsp3) is 0.143. The molecular weight excluding hydrogens is 956 g/mol. The maximum Gasteiger partial charge on any atom is 0.328 e. The molecular formula is C63H53B2N7OS2. The topological polar surface area (TPSA) is 95.7 Å². The van der Waals surface area contributed by atoms with Crippen LogP contribution in [-0.2, 0) is 6.42 Å². The standard InChI is InChI=1S/C63H53B2N7OS2/c1-4-70(5-2)38-21-39-73-48-36-34-44(35-37-48)40-54-57-58(59(71(54)64-45-23-9-6-10-24-45)50(41-66)62-68-52-30-17-19-32-55(52)74-62)60(49-29-16-15-22-43(49)3)72(65(46-25-11-7-12-26-46)47-27-13-8-14-28-47)61(57)51(42-67)63-69-53-31-18-20-33-56(53)75-63/h6-20,22-37,64H,4-5,21,38-40H2,1-3H3/b59-50-,61-51-. The van der Waals surface area contributed by atoms with E-state index >= 15 is 0 Å². The second-order valence-corrected chi connectivity index (χ2v) is 20.8. The van der Waals surface area contributed by atoms with Crippen molar-refractivity contribution in [2.75, 3.05) is 26.2 Å². The molecule has 4 heterocycles. The molecule has 11 aromatic rings. The van der Waals surface area contributed by atoms with E-state index in [9.17, 15) is 10.5 Å². The zero-order valence-electron chi connectivity index (χ0n) is 42.3. The molecule has 0 aliphatic rings. The quantitative estimate of drug-likeness (QED) is 0.0666. The van der Waals surface area contributed by atoms with Crippen LogP contribution in [-0.4, -0.2) is 64.3 Å². The van der Waals surface area contributed by atoms with Crippen LogP contribution in [0.5, 0.6) is 5.75 Å². The summed E-state index contributed by atoms with van der Waals surface area (Å²) in [6, 6.07) is 70.3. The zero-order chi connectivity index (χ0) is 51.3. The summed E-state index contributed by atoms with van der Waals surface area (Å²) in [6.45, 7) is 9.76. The van der Waals surface area contributed by atoms with E-state index < -0.39 is 6.85 Å². The number of aryl methyl sites for hydroxylation is 1. The first-order valence-corrected chi connectivity index (χ1v) is 27.3. The summed E-state index contributed by atoms with van der Waals surface area (Å²) in [4.78, 5) is 12.9. The van der Waals surface area contributed by atoms with Gasteiger partial charge in [0.15, 0.2) is 0 Å². The van der Waals surface area contributed by atoms with Gasteiger partial charge in [-0.25, -0.2) is 9.97 Å². The Balaban J connectivity index is 1.34. The van der Waals surface area contributed by atoms with E-state index in [2.05, 4.69) is 180 Å². The van der Waals surface area contributed by atoms with Gasteiger partial charge in [-0.05, 0) is 74.0 Å². The third-order valence-corrected chi connectivity index (χ3v) is 16.3. The Bertz CT molecular complexity index is 3930. The Hall–Kier alpha value is -8.25. The van der Waals surface area contributed by atoms with Gasteiger partial charge in [0.2, 0.25) is 0 Å². The van der Waals surface area contributed by atoms with Crippen LogP contribution >= 0.6 is 22.7 Å². The summed E-state index contributed by atoms with van der Waals surface area (Å²) >= 11 is 3.06. The van der Waals surface area contributed by atoms with Crippen molar-refractivity contribution in [3.05, 3.63) is 226 Å². The van der Waals surface area contributed by atoms with Gasteiger partial charge < -0.3 is 18.6 Å². The highest BCUT2D eigenvalue weighted by Gasteiger charge is 2.35. The third kappa shape index (κ3) is 9.73. The largest absolute Gasteiger partial charge is 0.494 e. The number of ether oxygens (including phenoxy) is 1. The molecule has 0 fully saturated rings. The first-order chi connectivity index (χ1) is 37.0.